The number of carbonyl (C=O) groups excluding carboxylic acids is 5. The van der Waals surface area contributed by atoms with Crippen LogP contribution in [0.4, 0.5) is 0 Å². The number of carbonyl (C=O) groups is 8. The number of ether oxygens (including phenoxy) is 4. The number of esters is 1. The molecule has 476 valence electrons. The number of benzene rings is 6. The summed E-state index contributed by atoms with van der Waals surface area (Å²) in [5.41, 5.74) is 0.961. The minimum atomic E-state index is -1.81. The van der Waals surface area contributed by atoms with Crippen molar-refractivity contribution in [1.29, 1.82) is 0 Å². The molecule has 6 aliphatic heterocycles. The average molecular weight is 1380 g/mol. The van der Waals surface area contributed by atoms with E-state index in [2.05, 4.69) is 20.6 Å². The second kappa shape index (κ2) is 25.7. The summed E-state index contributed by atoms with van der Waals surface area (Å²) in [6.45, 7) is -0.224. The average Bonchev–Trinajstić information content (AvgIpc) is 0.827. The highest BCUT2D eigenvalue weighted by Crippen LogP contribution is 2.48. The summed E-state index contributed by atoms with van der Waals surface area (Å²) >= 11 is 7.81. The Kier molecular flexibility index (Phi) is 17.0. The van der Waals surface area contributed by atoms with Crippen LogP contribution in [-0.2, 0) is 55.9 Å². The summed E-state index contributed by atoms with van der Waals surface area (Å²) < 4.78 is 26.1. The van der Waals surface area contributed by atoms with E-state index in [0.717, 1.165) is 31.5 Å². The topological polar surface area (TPSA) is 315 Å². The van der Waals surface area contributed by atoms with Crippen molar-refractivity contribution in [2.75, 3.05) is 43.3 Å². The van der Waals surface area contributed by atoms with Gasteiger partial charge in [-0.25, -0.2) is 29.1 Å². The van der Waals surface area contributed by atoms with Gasteiger partial charge in [-0.2, -0.15) is 0 Å². The predicted molar refractivity (Wildman–Crippen MR) is 359 cm³/mol. The Labute approximate surface area is 557 Å². The van der Waals surface area contributed by atoms with Crippen molar-refractivity contribution in [1.82, 2.24) is 30.4 Å². The maximum atomic E-state index is 15.2. The molecule has 14 rings (SSSR count). The molecule has 2 aromatic heterocycles. The van der Waals surface area contributed by atoms with Crippen molar-refractivity contribution >= 4 is 169 Å². The molecule has 94 heavy (non-hydrogen) atoms. The van der Waals surface area contributed by atoms with Crippen LogP contribution in [0.3, 0.4) is 0 Å². The Hall–Kier alpha value is -9.10. The van der Waals surface area contributed by atoms with E-state index in [9.17, 15) is 48.9 Å². The Bertz CT molecular complexity index is 4730. The molecule has 6 aromatic carbocycles. The molecule has 2 saturated heterocycles. The van der Waals surface area contributed by atoms with Crippen LogP contribution in [0.25, 0.3) is 42.0 Å². The SMILES string of the molecule is CO[C@@]1(NC(=O)Cc2ccccc2)C(=O)N2C(C(=O)O)=C(COc3ccc4c(c3)cc(OC(=O)C3=C(/C=C/COc5ccc6c(ccc7nc(C8=NC(C(=O)O)CS8)sc76)c5)CSC5C(NC(=O)Cc6ccccc6)C(=O)N35)c3nc(C5=NC(C(=O)O)CS5)sc34)CSC21. The molecular formula is C65H50N8O15S6. The number of aliphatic imine (C=N–C) groups is 2. The molecule has 0 bridgehead atoms. The van der Waals surface area contributed by atoms with Crippen molar-refractivity contribution in [2.24, 2.45) is 9.98 Å². The number of hydrogen-bond acceptors (Lipinski definition) is 22. The maximum absolute atomic E-state index is 15.2. The van der Waals surface area contributed by atoms with Gasteiger partial charge in [-0.1, -0.05) is 72.8 Å². The van der Waals surface area contributed by atoms with Crippen molar-refractivity contribution in [2.45, 2.75) is 47.4 Å². The number of carboxylic acids is 3. The van der Waals surface area contributed by atoms with E-state index in [0.29, 0.717) is 58.2 Å². The lowest BCUT2D eigenvalue weighted by Gasteiger charge is -2.55. The normalized spacial score (nSPS) is 21.6. The van der Waals surface area contributed by atoms with Crippen LogP contribution < -0.4 is 24.8 Å². The van der Waals surface area contributed by atoms with Crippen LogP contribution in [0, 0.1) is 0 Å². The number of nitrogens with zero attached hydrogens (tertiary/aromatic N) is 6. The highest BCUT2D eigenvalue weighted by Gasteiger charge is 2.66. The van der Waals surface area contributed by atoms with Gasteiger partial charge in [-0.15, -0.1) is 69.7 Å². The Morgan fingerprint density at radius 3 is 1.99 bits per heavy atom. The lowest BCUT2D eigenvalue weighted by atomic mass is 9.97. The van der Waals surface area contributed by atoms with E-state index in [4.69, 9.17) is 28.9 Å². The second-order valence-electron chi connectivity index (χ2n) is 22.1. The van der Waals surface area contributed by atoms with Crippen LogP contribution in [0.1, 0.15) is 21.1 Å². The third-order valence-electron chi connectivity index (χ3n) is 16.2. The van der Waals surface area contributed by atoms with Crippen molar-refractivity contribution in [3.63, 3.8) is 0 Å². The number of aliphatic carboxylic acids is 3. The van der Waals surface area contributed by atoms with Gasteiger partial charge in [0, 0.05) is 46.5 Å². The molecule has 8 aromatic rings. The Morgan fingerprint density at radius 2 is 1.33 bits per heavy atom. The van der Waals surface area contributed by atoms with Gasteiger partial charge in [0.2, 0.25) is 11.8 Å². The largest absolute Gasteiger partial charge is 0.490 e. The first-order valence-corrected chi connectivity index (χ1v) is 34.8. The zero-order valence-electron chi connectivity index (χ0n) is 49.0. The summed E-state index contributed by atoms with van der Waals surface area (Å²) in [4.78, 5) is 128. The van der Waals surface area contributed by atoms with E-state index in [1.165, 1.54) is 81.7 Å². The Morgan fingerprint density at radius 1 is 0.691 bits per heavy atom. The number of aromatic nitrogens is 2. The number of rotatable bonds is 21. The van der Waals surface area contributed by atoms with E-state index in [1.807, 2.05) is 66.7 Å². The fraction of sp³-hybridized carbons (Fsp3) is 0.231. The molecule has 6 atom stereocenters. The minimum Gasteiger partial charge on any atom is -0.490 e. The summed E-state index contributed by atoms with van der Waals surface area (Å²) in [6, 6.07) is 31.4. The summed E-state index contributed by atoms with van der Waals surface area (Å²) in [6.07, 6.45) is 3.40. The molecular weight excluding hydrogens is 1330 g/mol. The van der Waals surface area contributed by atoms with Crippen molar-refractivity contribution in [3.05, 3.63) is 171 Å². The fourth-order valence-electron chi connectivity index (χ4n) is 11.6. The number of hydrogen-bond donors (Lipinski definition) is 5. The fourth-order valence-corrected chi connectivity index (χ4v) is 18.8. The second-order valence-corrected chi connectivity index (χ2v) is 28.3. The van der Waals surface area contributed by atoms with E-state index in [1.54, 1.807) is 60.7 Å². The zero-order valence-corrected chi connectivity index (χ0v) is 53.9. The number of nitrogens with one attached hydrogen (secondary N) is 2. The summed E-state index contributed by atoms with van der Waals surface area (Å²) in [7, 11) is 1.28. The highest BCUT2D eigenvalue weighted by atomic mass is 32.2. The first-order chi connectivity index (χ1) is 45.5. The van der Waals surface area contributed by atoms with E-state index in [-0.39, 0.29) is 83.2 Å². The molecule has 2 fully saturated rings. The van der Waals surface area contributed by atoms with Gasteiger partial charge >= 0.3 is 23.9 Å². The zero-order chi connectivity index (χ0) is 65.1. The van der Waals surface area contributed by atoms with Gasteiger partial charge in [0.25, 0.3) is 17.5 Å². The molecule has 0 radical (unpaired) electrons. The quantitative estimate of drug-likeness (QED) is 0.0198. The Balaban J connectivity index is 0.750. The minimum absolute atomic E-state index is 0.0244. The lowest BCUT2D eigenvalue weighted by Crippen LogP contribution is -2.80. The van der Waals surface area contributed by atoms with Crippen molar-refractivity contribution < 1.29 is 72.6 Å². The van der Waals surface area contributed by atoms with Gasteiger partial charge in [0.1, 0.15) is 78.5 Å². The first-order valence-electron chi connectivity index (χ1n) is 29.1. The summed E-state index contributed by atoms with van der Waals surface area (Å²) in [5, 5.41) is 38.8. The highest BCUT2D eigenvalue weighted by molar-refractivity contribution is 8.15. The van der Waals surface area contributed by atoms with Crippen molar-refractivity contribution in [3.8, 4) is 17.2 Å². The molecule has 6 aliphatic rings. The molecule has 4 amide bonds. The summed E-state index contributed by atoms with van der Waals surface area (Å²) in [5.74, 6) is -4.91. The monoisotopic (exact) mass is 1370 g/mol. The number of amides is 4. The standard InChI is InChI=1S/C65H50N8O15S6/c1-85-65(71-46(75)22-32-11-6-3-7-12-32)63(84)73-49(61(81)82)36(28-92-64(65)73)26-87-38-16-18-40-35(24-38)25-44(47-52(40)94-56(70-47)54-68-43(30-90-54)60(79)80)88-62(83)50-34(27-91-58-48(57(76)72(50)58)69-45(74)21-31-9-4-2-5-10-31)13-8-20-86-37-15-17-39-33(23-37)14-19-41-51(39)93-55(66-41)53-67-42(29-89-53)59(77)78/h2-19,23-25,42-43,48,58,64H,20-22,26-30H2,1H3,(H,69,74)(H,71,75)(H,77,78)(H,79,80)(H,81,82)/b13-8+/t42?,43?,48?,58?,64?,65-/m0/s1. The van der Waals surface area contributed by atoms with Gasteiger partial charge in [-0.3, -0.25) is 39.0 Å². The van der Waals surface area contributed by atoms with Gasteiger partial charge < -0.3 is 44.9 Å². The number of β-lactam (4-membered cyclic amide) rings is 2. The first kappa shape index (κ1) is 62.4. The van der Waals surface area contributed by atoms with E-state index >= 15 is 4.79 Å². The number of allylic oxidation sites excluding steroid dienone is 1. The third-order valence-corrected chi connectivity index (χ3v) is 23.4. The van der Waals surface area contributed by atoms with Gasteiger partial charge in [0.15, 0.2) is 17.8 Å². The van der Waals surface area contributed by atoms with Crippen LogP contribution in [0.5, 0.6) is 17.2 Å². The van der Waals surface area contributed by atoms with Gasteiger partial charge in [0.05, 0.1) is 27.8 Å². The van der Waals surface area contributed by atoms with Gasteiger partial charge in [-0.05, 0) is 82.1 Å². The van der Waals surface area contributed by atoms with Crippen LogP contribution >= 0.6 is 69.7 Å². The maximum Gasteiger partial charge on any atom is 0.360 e. The molecule has 8 heterocycles. The number of carboxylic acid groups (broad SMARTS) is 3. The number of thiazole rings is 2. The lowest BCUT2D eigenvalue weighted by molar-refractivity contribution is -0.192. The molecule has 23 nitrogen and oxygen atoms in total. The molecule has 5 unspecified atom stereocenters. The number of fused-ring (bicyclic) bond motifs is 8. The van der Waals surface area contributed by atoms with Crippen LogP contribution in [0.15, 0.2) is 160 Å². The smallest absolute Gasteiger partial charge is 0.360 e. The molecule has 0 saturated carbocycles. The van der Waals surface area contributed by atoms with E-state index < -0.39 is 76.2 Å². The van der Waals surface area contributed by atoms with Crippen LogP contribution in [0.2, 0.25) is 0 Å². The molecule has 0 aliphatic carbocycles. The third kappa shape index (κ3) is 11.7. The molecule has 0 spiro atoms. The predicted octanol–water partition coefficient (Wildman–Crippen LogP) is 7.88. The van der Waals surface area contributed by atoms with Crippen LogP contribution in [-0.4, -0.2) is 171 Å². The number of thioether (sulfide) groups is 4. The number of methoxy groups -OCH3 is 1. The molecule has 29 heteroatoms. The molecule has 5 N–H and O–H groups in total.